The van der Waals surface area contributed by atoms with Crippen molar-refractivity contribution >= 4 is 132 Å². The minimum atomic E-state index is -5.69. The number of nitrogen functional groups attached to an aromatic ring is 5. The molecule has 11 aromatic rings. The Kier molecular flexibility index (Phi) is 25.2. The number of anilines is 5. The minimum absolute atomic E-state index is 0.00328. The summed E-state index contributed by atoms with van der Waals surface area (Å²) in [6, 6.07) is 1.30. The van der Waals surface area contributed by atoms with Gasteiger partial charge in [-0.1, -0.05) is 0 Å². The molecule has 23 N–H and O–H groups in total. The monoisotopic (exact) mass is 1950 g/mol. The van der Waals surface area contributed by atoms with Gasteiger partial charge in [0.2, 0.25) is 23.8 Å². The van der Waals surface area contributed by atoms with Gasteiger partial charge >= 0.3 is 52.6 Å². The summed E-state index contributed by atoms with van der Waals surface area (Å²) in [4.78, 5) is 206. The predicted octanol–water partition coefficient (Wildman–Crippen LogP) is -2.56. The normalized spacial score (nSPS) is 28.6. The number of aromatic nitrogens is 21. The standard InChI is InChI=1S/C61H76N26O37P6/c1-22-10-83(61(94)81-52(22)89)38-6-26(31(116-38)12-108-125(95,96)97)121-128(102,103)113-16-35-28(8-40(119-35)86-20-71-44-50(86)75-59(65)79-55(44)92)123-129(104,105)110-13-32-25(5-37(115-32)82-3-2-23-47(82)73-57(63)77-53(23)90)120-127(100,101)112-15-34-29(9-41(118-34)87-21-72-45-51(87)76-60(66)80-56(45)93)124-130(106,107)111-14-33-27(7-39(117-33)84-18-69-42-46(62)67-17-68-48(42)84)122-126(98,99)109-11-30-24(88)4-36(114-30)85-19-70-43-49(85)74-58(64)78-54(43)91/h2-3,10,17-21,24-41,88H,4-9,11-16H2,1H3,(H,98,99)(H,100,101)(H,102,103)(H,104,105)(H,106,107)(H2,62,67,68)(H,81,89,94)(H2,95,96,97)(H3,63,73,77,90)(H3,64,74,78,91)(H3,65,75,79,92)(H3,66,76,80,93). The molecule has 6 aliphatic rings. The second kappa shape index (κ2) is 35.6. The summed E-state index contributed by atoms with van der Waals surface area (Å²) >= 11 is 0. The number of aryl methyl sites for hydroxylation is 1. The fraction of sp³-hybridized carbons (Fsp3) is 0.508. The van der Waals surface area contributed by atoms with Crippen LogP contribution in [0.2, 0.25) is 0 Å². The molecule has 6 saturated heterocycles. The molecule has 0 aliphatic carbocycles. The maximum atomic E-state index is 14.7. The zero-order valence-corrected chi connectivity index (χ0v) is 71.5. The highest BCUT2D eigenvalue weighted by atomic mass is 31.2. The first-order chi connectivity index (χ1) is 61.4. The van der Waals surface area contributed by atoms with Crippen molar-refractivity contribution in [3.63, 3.8) is 0 Å². The highest BCUT2D eigenvalue weighted by Gasteiger charge is 2.52. The zero-order valence-electron chi connectivity index (χ0n) is 66.1. The Hall–Kier alpha value is -9.92. The van der Waals surface area contributed by atoms with Gasteiger partial charge in [0.1, 0.15) is 116 Å². The predicted molar refractivity (Wildman–Crippen MR) is 427 cm³/mol. The molecule has 0 bridgehead atoms. The summed E-state index contributed by atoms with van der Waals surface area (Å²) < 4.78 is 188. The Labute approximate surface area is 718 Å². The molecule has 0 spiro atoms. The Morgan fingerprint density at radius 2 is 0.692 bits per heavy atom. The van der Waals surface area contributed by atoms with E-state index in [1.165, 1.54) is 45.5 Å². The van der Waals surface area contributed by atoms with Crippen LogP contribution in [0, 0.1) is 6.92 Å². The van der Waals surface area contributed by atoms with E-state index >= 15 is 0 Å². The van der Waals surface area contributed by atoms with Crippen molar-refractivity contribution in [3.05, 3.63) is 118 Å². The maximum Gasteiger partial charge on any atom is 0.472 e. The van der Waals surface area contributed by atoms with Crippen LogP contribution < -0.4 is 62.2 Å². The van der Waals surface area contributed by atoms with Crippen LogP contribution in [-0.2, 0) is 106 Å². The van der Waals surface area contributed by atoms with Gasteiger partial charge in [-0.3, -0.25) is 121 Å². The summed E-state index contributed by atoms with van der Waals surface area (Å²) in [6.45, 7) is -4.93. The third kappa shape index (κ3) is 19.8. The molecule has 63 nitrogen and oxygen atoms in total. The second-order valence-electron chi connectivity index (χ2n) is 29.9. The van der Waals surface area contributed by atoms with Crippen molar-refractivity contribution in [1.82, 2.24) is 102 Å². The van der Waals surface area contributed by atoms with E-state index in [4.69, 9.17) is 102 Å². The number of hydrogen-bond acceptors (Lipinski definition) is 45. The molecule has 0 aromatic carbocycles. The highest BCUT2D eigenvalue weighted by Crippen LogP contribution is 2.57. The number of imidazole rings is 4. The van der Waals surface area contributed by atoms with Crippen LogP contribution in [0.5, 0.6) is 0 Å². The van der Waals surface area contributed by atoms with Gasteiger partial charge in [-0.25, -0.2) is 62.1 Å². The van der Waals surface area contributed by atoms with Crippen molar-refractivity contribution < 1.29 is 145 Å². The third-order valence-corrected chi connectivity index (χ3v) is 26.8. The van der Waals surface area contributed by atoms with Gasteiger partial charge in [-0.05, 0) is 13.0 Å². The van der Waals surface area contributed by atoms with Crippen molar-refractivity contribution in [3.8, 4) is 0 Å². The van der Waals surface area contributed by atoms with Gasteiger partial charge in [-0.2, -0.15) is 19.9 Å². The highest BCUT2D eigenvalue weighted by molar-refractivity contribution is 7.48. The summed E-state index contributed by atoms with van der Waals surface area (Å²) in [5, 5.41) is 11.0. The Bertz CT molecular complexity index is 6890. The molecular formula is C61H76N26O37P6. The summed E-state index contributed by atoms with van der Waals surface area (Å²) in [6.07, 6.45) is -22.7. The average molecular weight is 1950 g/mol. The average Bonchev–Trinajstić information content (AvgIpc) is 1.62. The van der Waals surface area contributed by atoms with Gasteiger partial charge in [0, 0.05) is 56.5 Å². The van der Waals surface area contributed by atoms with Crippen LogP contribution in [-0.4, -0.2) is 254 Å². The lowest BCUT2D eigenvalue weighted by atomic mass is 10.2. The number of ether oxygens (including phenoxy) is 6. The molecule has 6 fully saturated rings. The van der Waals surface area contributed by atoms with Crippen LogP contribution in [0.4, 0.5) is 29.6 Å². The first-order valence-corrected chi connectivity index (χ1v) is 47.3. The molecule has 0 saturated carbocycles. The number of phosphoric ester groups is 6. The van der Waals surface area contributed by atoms with Crippen LogP contribution in [0.1, 0.15) is 81.5 Å². The van der Waals surface area contributed by atoms with E-state index in [-0.39, 0.29) is 91.8 Å². The number of aliphatic hydroxyl groups is 1. The maximum absolute atomic E-state index is 14.7. The largest absolute Gasteiger partial charge is 0.472 e. The number of H-pyrrole nitrogens is 5. The number of phosphoric acid groups is 6. The lowest BCUT2D eigenvalue weighted by Crippen LogP contribution is -2.33. The van der Waals surface area contributed by atoms with E-state index in [0.29, 0.717) is 0 Å². The number of aliphatic hydroxyl groups excluding tert-OH is 1. The van der Waals surface area contributed by atoms with Crippen molar-refractivity contribution in [2.24, 2.45) is 0 Å². The van der Waals surface area contributed by atoms with E-state index in [1.807, 2.05) is 4.98 Å². The molecule has 17 heterocycles. The number of nitrogens with one attached hydrogen (secondary N) is 5. The molecule has 6 aliphatic heterocycles. The van der Waals surface area contributed by atoms with E-state index in [1.54, 1.807) is 0 Å². The topological polar surface area (TPSA) is 891 Å². The minimum Gasteiger partial charge on any atom is -0.390 e. The first kappa shape index (κ1) is 92.0. The van der Waals surface area contributed by atoms with Crippen molar-refractivity contribution in [2.45, 2.75) is 156 Å². The molecule has 23 unspecified atom stereocenters. The second-order valence-corrected chi connectivity index (χ2v) is 38.2. The van der Waals surface area contributed by atoms with Crippen molar-refractivity contribution in [1.29, 1.82) is 0 Å². The van der Waals surface area contributed by atoms with E-state index < -0.39 is 268 Å². The molecule has 23 atom stereocenters. The lowest BCUT2D eigenvalue weighted by molar-refractivity contribution is -0.0638. The van der Waals surface area contributed by atoms with Gasteiger partial charge < -0.3 is 101 Å². The smallest absolute Gasteiger partial charge is 0.390 e. The van der Waals surface area contributed by atoms with E-state index in [2.05, 4.69) is 74.3 Å². The van der Waals surface area contributed by atoms with Crippen LogP contribution in [0.25, 0.3) is 55.7 Å². The van der Waals surface area contributed by atoms with Gasteiger partial charge in [0.25, 0.3) is 27.8 Å². The van der Waals surface area contributed by atoms with Crippen molar-refractivity contribution in [2.75, 3.05) is 68.3 Å². The van der Waals surface area contributed by atoms with E-state index in [9.17, 15) is 95.5 Å². The van der Waals surface area contributed by atoms with Crippen LogP contribution in [0.15, 0.2) is 78.9 Å². The van der Waals surface area contributed by atoms with Gasteiger partial charge in [0.05, 0.1) is 76.4 Å². The van der Waals surface area contributed by atoms with Crippen LogP contribution in [0.3, 0.4) is 0 Å². The number of nitrogens with two attached hydrogens (primary N) is 5. The molecule has 17 rings (SSSR count). The Morgan fingerprint density at radius 3 is 1.08 bits per heavy atom. The van der Waals surface area contributed by atoms with Gasteiger partial charge in [-0.15, -0.1) is 0 Å². The van der Waals surface area contributed by atoms with Gasteiger partial charge in [0.15, 0.2) is 50.6 Å². The molecule has 69 heteroatoms. The lowest BCUT2D eigenvalue weighted by Gasteiger charge is -2.26. The first-order valence-electron chi connectivity index (χ1n) is 38.3. The quantitative estimate of drug-likeness (QED) is 0.0185. The Morgan fingerprint density at radius 1 is 0.377 bits per heavy atom. The zero-order chi connectivity index (χ0) is 92.3. The number of hydrogen-bond donors (Lipinski definition) is 18. The number of rotatable bonds is 34. The fourth-order valence-corrected chi connectivity index (χ4v) is 20.5. The summed E-state index contributed by atoms with van der Waals surface area (Å²) in [5.41, 5.74) is 23.7. The molecule has 0 radical (unpaired) electrons. The molecule has 130 heavy (non-hydrogen) atoms. The SMILES string of the molecule is Cc1cn(C2CC(OP(=O)(O)OCC3OC(n4cnc5c(=O)[nH]c(N)nc54)CC3OP(=O)(O)OCC3OC(n4ccc5c(=O)[nH]c(N)nc54)CC3OP(=O)(O)OCC3OC(n4cnc5c(=O)[nH]c(N)nc54)CC3OP(=O)(O)OCC3OC(n4cnc5c(N)ncnc54)CC3OP(=O)(O)OCC3OC(n4cnc5c(=O)[nH]c(N)nc54)CC3O)C(COP(=O)(O)O)O2)c(=O)[nH]c1=O. The van der Waals surface area contributed by atoms with E-state index in [0.717, 1.165) is 38.9 Å². The Balaban J connectivity index is 0.597. The molecule has 702 valence electrons. The third-order valence-electron chi connectivity index (χ3n) is 21.2. The molecule has 0 amide bonds. The molecule has 11 aromatic heterocycles. The molecular weight excluding hydrogens is 1870 g/mol. The summed E-state index contributed by atoms with van der Waals surface area (Å²) in [7, 11) is -33.1. The summed E-state index contributed by atoms with van der Waals surface area (Å²) in [5.74, 6) is -1.49. The number of nitrogens with zero attached hydrogens (tertiary/aromatic N) is 16. The van der Waals surface area contributed by atoms with Crippen LogP contribution >= 0.6 is 46.9 Å². The fourth-order valence-electron chi connectivity index (χ4n) is 15.3. The number of aromatic amines is 5. The number of fused-ring (bicyclic) bond motifs is 5.